The van der Waals surface area contributed by atoms with Crippen LogP contribution in [0.5, 0.6) is 0 Å². The van der Waals surface area contributed by atoms with E-state index in [9.17, 15) is 0 Å². The standard InChI is InChI=1S/C17H20ClN/c1-19-17(12-9-14-5-3-2-4-6-14)13-15-7-10-16(18)11-8-15/h2-8,10-11,17,19H,9,12-13H2,1H3. The summed E-state index contributed by atoms with van der Waals surface area (Å²) < 4.78 is 0. The second-order valence-corrected chi connectivity index (χ2v) is 5.28. The maximum absolute atomic E-state index is 5.91. The third-order valence-electron chi connectivity index (χ3n) is 3.43. The zero-order valence-electron chi connectivity index (χ0n) is 11.3. The average molecular weight is 274 g/mol. The van der Waals surface area contributed by atoms with Crippen LogP contribution in [0.15, 0.2) is 54.6 Å². The molecule has 1 unspecified atom stereocenters. The second kappa shape index (κ2) is 7.32. The van der Waals surface area contributed by atoms with Gasteiger partial charge >= 0.3 is 0 Å². The highest BCUT2D eigenvalue weighted by atomic mass is 35.5. The summed E-state index contributed by atoms with van der Waals surface area (Å²) in [5.74, 6) is 0. The maximum atomic E-state index is 5.91. The van der Waals surface area contributed by atoms with E-state index < -0.39 is 0 Å². The minimum absolute atomic E-state index is 0.501. The van der Waals surface area contributed by atoms with E-state index in [4.69, 9.17) is 11.6 Å². The van der Waals surface area contributed by atoms with Crippen LogP contribution in [0.2, 0.25) is 5.02 Å². The van der Waals surface area contributed by atoms with E-state index in [1.807, 2.05) is 19.2 Å². The highest BCUT2D eigenvalue weighted by Crippen LogP contribution is 2.13. The molecule has 2 heteroatoms. The van der Waals surface area contributed by atoms with Crippen molar-refractivity contribution in [3.63, 3.8) is 0 Å². The van der Waals surface area contributed by atoms with Crippen LogP contribution in [-0.4, -0.2) is 13.1 Å². The molecular weight excluding hydrogens is 254 g/mol. The summed E-state index contributed by atoms with van der Waals surface area (Å²) in [5, 5.41) is 4.20. The van der Waals surface area contributed by atoms with E-state index in [2.05, 4.69) is 47.8 Å². The van der Waals surface area contributed by atoms with Crippen molar-refractivity contribution in [2.75, 3.05) is 7.05 Å². The Morgan fingerprint density at radius 1 is 0.947 bits per heavy atom. The Kier molecular flexibility index (Phi) is 5.44. The van der Waals surface area contributed by atoms with Crippen LogP contribution in [-0.2, 0) is 12.8 Å². The normalized spacial score (nSPS) is 12.3. The number of hydrogen-bond acceptors (Lipinski definition) is 1. The van der Waals surface area contributed by atoms with Gasteiger partial charge in [0.25, 0.3) is 0 Å². The third kappa shape index (κ3) is 4.70. The Morgan fingerprint density at radius 2 is 1.63 bits per heavy atom. The first kappa shape index (κ1) is 14.1. The van der Waals surface area contributed by atoms with Crippen LogP contribution in [0.3, 0.4) is 0 Å². The minimum atomic E-state index is 0.501. The third-order valence-corrected chi connectivity index (χ3v) is 3.68. The van der Waals surface area contributed by atoms with Crippen LogP contribution in [0.1, 0.15) is 17.5 Å². The number of nitrogens with one attached hydrogen (secondary N) is 1. The van der Waals surface area contributed by atoms with Gasteiger partial charge in [-0.15, -0.1) is 0 Å². The molecule has 1 N–H and O–H groups in total. The molecule has 2 aromatic carbocycles. The summed E-state index contributed by atoms with van der Waals surface area (Å²) in [5.41, 5.74) is 2.73. The molecular formula is C17H20ClN. The molecule has 0 aliphatic heterocycles. The smallest absolute Gasteiger partial charge is 0.0406 e. The first-order valence-electron chi connectivity index (χ1n) is 6.73. The van der Waals surface area contributed by atoms with Crippen molar-refractivity contribution in [3.05, 3.63) is 70.7 Å². The van der Waals surface area contributed by atoms with E-state index in [1.165, 1.54) is 11.1 Å². The van der Waals surface area contributed by atoms with Gasteiger partial charge in [-0.1, -0.05) is 54.1 Å². The molecule has 0 fully saturated rings. The maximum Gasteiger partial charge on any atom is 0.0406 e. The predicted molar refractivity (Wildman–Crippen MR) is 82.8 cm³/mol. The number of benzene rings is 2. The van der Waals surface area contributed by atoms with Gasteiger partial charge in [0.15, 0.2) is 0 Å². The molecule has 2 aromatic rings. The SMILES string of the molecule is CNC(CCc1ccccc1)Cc1ccc(Cl)cc1. The molecule has 0 aliphatic carbocycles. The fourth-order valence-electron chi connectivity index (χ4n) is 2.24. The largest absolute Gasteiger partial charge is 0.317 e. The lowest BCUT2D eigenvalue weighted by Crippen LogP contribution is -2.28. The summed E-state index contributed by atoms with van der Waals surface area (Å²) in [6, 6.07) is 19.3. The quantitative estimate of drug-likeness (QED) is 0.835. The predicted octanol–water partition coefficient (Wildman–Crippen LogP) is 4.10. The molecule has 0 aromatic heterocycles. The summed E-state index contributed by atoms with van der Waals surface area (Å²) in [6.45, 7) is 0. The Bertz CT molecular complexity index is 478. The fraction of sp³-hybridized carbons (Fsp3) is 0.294. The Labute approximate surface area is 120 Å². The molecule has 100 valence electrons. The first-order valence-corrected chi connectivity index (χ1v) is 7.11. The molecule has 0 saturated carbocycles. The summed E-state index contributed by atoms with van der Waals surface area (Å²) >= 11 is 5.91. The summed E-state index contributed by atoms with van der Waals surface area (Å²) in [4.78, 5) is 0. The van der Waals surface area contributed by atoms with Gasteiger partial charge in [0.05, 0.1) is 0 Å². The van der Waals surface area contributed by atoms with Crippen molar-refractivity contribution in [1.82, 2.24) is 5.32 Å². The molecule has 0 heterocycles. The lowest BCUT2D eigenvalue weighted by Gasteiger charge is -2.16. The van der Waals surface area contributed by atoms with Gasteiger partial charge in [-0.2, -0.15) is 0 Å². The van der Waals surface area contributed by atoms with E-state index in [0.717, 1.165) is 24.3 Å². The van der Waals surface area contributed by atoms with Gasteiger partial charge in [-0.05, 0) is 49.6 Å². The Hall–Kier alpha value is -1.31. The Morgan fingerprint density at radius 3 is 2.26 bits per heavy atom. The summed E-state index contributed by atoms with van der Waals surface area (Å²) in [7, 11) is 2.03. The summed E-state index contributed by atoms with van der Waals surface area (Å²) in [6.07, 6.45) is 3.30. The van der Waals surface area contributed by atoms with Crippen LogP contribution in [0.25, 0.3) is 0 Å². The van der Waals surface area contributed by atoms with Crippen molar-refractivity contribution < 1.29 is 0 Å². The molecule has 1 nitrogen and oxygen atoms in total. The lowest BCUT2D eigenvalue weighted by atomic mass is 9.99. The minimum Gasteiger partial charge on any atom is -0.317 e. The number of halogens is 1. The molecule has 1 atom stereocenters. The van der Waals surface area contributed by atoms with Gasteiger partial charge < -0.3 is 5.32 Å². The monoisotopic (exact) mass is 273 g/mol. The molecule has 2 rings (SSSR count). The van der Waals surface area contributed by atoms with Crippen molar-refractivity contribution in [2.24, 2.45) is 0 Å². The molecule has 0 aliphatic rings. The van der Waals surface area contributed by atoms with Crippen molar-refractivity contribution >= 4 is 11.6 Å². The Balaban J connectivity index is 1.88. The lowest BCUT2D eigenvalue weighted by molar-refractivity contribution is 0.520. The molecule has 0 amide bonds. The van der Waals surface area contributed by atoms with Gasteiger partial charge in [0.1, 0.15) is 0 Å². The average Bonchev–Trinajstić information content (AvgIpc) is 2.46. The van der Waals surface area contributed by atoms with Crippen molar-refractivity contribution in [3.8, 4) is 0 Å². The highest BCUT2D eigenvalue weighted by Gasteiger charge is 2.07. The van der Waals surface area contributed by atoms with E-state index in [-0.39, 0.29) is 0 Å². The fourth-order valence-corrected chi connectivity index (χ4v) is 2.37. The molecule has 0 radical (unpaired) electrons. The topological polar surface area (TPSA) is 12.0 Å². The van der Waals surface area contributed by atoms with E-state index in [0.29, 0.717) is 6.04 Å². The van der Waals surface area contributed by atoms with Gasteiger partial charge in [0, 0.05) is 11.1 Å². The molecule has 0 spiro atoms. The van der Waals surface area contributed by atoms with Crippen LogP contribution in [0, 0.1) is 0 Å². The molecule has 0 saturated heterocycles. The van der Waals surface area contributed by atoms with Crippen LogP contribution in [0.4, 0.5) is 0 Å². The number of rotatable bonds is 6. The zero-order valence-corrected chi connectivity index (χ0v) is 12.0. The van der Waals surface area contributed by atoms with Crippen molar-refractivity contribution in [2.45, 2.75) is 25.3 Å². The van der Waals surface area contributed by atoms with Crippen molar-refractivity contribution in [1.29, 1.82) is 0 Å². The highest BCUT2D eigenvalue weighted by molar-refractivity contribution is 6.30. The van der Waals surface area contributed by atoms with Gasteiger partial charge in [-0.3, -0.25) is 0 Å². The van der Waals surface area contributed by atoms with Crippen LogP contribution < -0.4 is 5.32 Å². The zero-order chi connectivity index (χ0) is 13.5. The van der Waals surface area contributed by atoms with E-state index >= 15 is 0 Å². The molecule has 0 bridgehead atoms. The number of aryl methyl sites for hydroxylation is 1. The second-order valence-electron chi connectivity index (χ2n) is 4.84. The van der Waals surface area contributed by atoms with E-state index in [1.54, 1.807) is 0 Å². The van der Waals surface area contributed by atoms with Crippen LogP contribution >= 0.6 is 11.6 Å². The van der Waals surface area contributed by atoms with Gasteiger partial charge in [0.2, 0.25) is 0 Å². The number of hydrogen-bond donors (Lipinski definition) is 1. The van der Waals surface area contributed by atoms with Gasteiger partial charge in [-0.25, -0.2) is 0 Å². The number of likely N-dealkylation sites (N-methyl/N-ethyl adjacent to an activating group) is 1. The first-order chi connectivity index (χ1) is 9.28. The molecule has 19 heavy (non-hydrogen) atoms.